The fourth-order valence-electron chi connectivity index (χ4n) is 4.63. The number of aromatic nitrogens is 3. The predicted octanol–water partition coefficient (Wildman–Crippen LogP) is 3.50. The summed E-state index contributed by atoms with van der Waals surface area (Å²) >= 11 is 1.73. The zero-order chi connectivity index (χ0) is 17.7. The van der Waals surface area contributed by atoms with Gasteiger partial charge in [-0.3, -0.25) is 4.79 Å². The monoisotopic (exact) mass is 366 g/mol. The van der Waals surface area contributed by atoms with Gasteiger partial charge in [0.15, 0.2) is 5.65 Å². The molecule has 0 N–H and O–H groups in total. The van der Waals surface area contributed by atoms with E-state index in [-0.39, 0.29) is 5.41 Å². The van der Waals surface area contributed by atoms with Crippen LogP contribution in [0, 0.1) is 6.92 Å². The molecular weight excluding hydrogens is 344 g/mol. The Morgan fingerprint density at radius 2 is 2.15 bits per heavy atom. The number of rotatable bonds is 2. The van der Waals surface area contributed by atoms with Crippen LogP contribution in [0.1, 0.15) is 47.5 Å². The van der Waals surface area contributed by atoms with Crippen LogP contribution in [-0.2, 0) is 23.2 Å². The third-order valence-electron chi connectivity index (χ3n) is 5.92. The second-order valence-corrected chi connectivity index (χ2v) is 8.48. The maximum atomic E-state index is 13.6. The number of carbonyl (C=O) groups excluding carboxylic acids is 1. The van der Waals surface area contributed by atoms with Gasteiger partial charge in [0.2, 0.25) is 5.91 Å². The molecule has 0 spiro atoms. The quantitative estimate of drug-likeness (QED) is 0.697. The molecule has 26 heavy (non-hydrogen) atoms. The van der Waals surface area contributed by atoms with E-state index in [1.165, 1.54) is 10.6 Å². The Balaban J connectivity index is 1.48. The minimum atomic E-state index is -0.300. The minimum absolute atomic E-state index is 0.300. The number of aryl methyl sites for hydroxylation is 1. The summed E-state index contributed by atoms with van der Waals surface area (Å²) in [5.74, 6) is 0.305. The number of carbonyl (C=O) groups is 1. The third-order valence-corrected chi connectivity index (χ3v) is 6.99. The lowest BCUT2D eigenvalue weighted by molar-refractivity contribution is -0.138. The summed E-state index contributed by atoms with van der Waals surface area (Å²) < 4.78 is 1.96. The summed E-state index contributed by atoms with van der Waals surface area (Å²) in [5, 5.41) is 6.67. The standard InChI is InChI=1S/C20H22N4OS/c1-14-11-18-21-12-15-13-23(9-6-16(15)24(18)22-14)19(25)20(7-2-3-8-20)17-5-4-10-26-17/h4-5,10-12H,2-3,6-9,13H2,1H3. The van der Waals surface area contributed by atoms with Crippen LogP contribution in [0.25, 0.3) is 5.65 Å². The molecule has 0 unspecified atom stereocenters. The summed E-state index contributed by atoms with van der Waals surface area (Å²) in [6.07, 6.45) is 7.00. The van der Waals surface area contributed by atoms with Crippen LogP contribution in [0.4, 0.5) is 0 Å². The fourth-order valence-corrected chi connectivity index (χ4v) is 5.60. The molecule has 0 aromatic carbocycles. The minimum Gasteiger partial charge on any atom is -0.337 e. The highest BCUT2D eigenvalue weighted by Gasteiger charge is 2.46. The Hall–Kier alpha value is -2.21. The van der Waals surface area contributed by atoms with Gasteiger partial charge in [-0.2, -0.15) is 5.10 Å². The molecule has 0 saturated heterocycles. The number of hydrogen-bond acceptors (Lipinski definition) is 4. The van der Waals surface area contributed by atoms with E-state index in [1.54, 1.807) is 11.3 Å². The van der Waals surface area contributed by atoms with E-state index in [0.717, 1.165) is 55.6 Å². The second-order valence-electron chi connectivity index (χ2n) is 7.53. The summed E-state index contributed by atoms with van der Waals surface area (Å²) in [6.45, 7) is 3.39. The first-order chi connectivity index (χ1) is 12.7. The van der Waals surface area contributed by atoms with Gasteiger partial charge in [0, 0.05) is 42.2 Å². The molecule has 0 radical (unpaired) electrons. The third kappa shape index (κ3) is 2.31. The van der Waals surface area contributed by atoms with Crippen molar-refractivity contribution in [3.05, 3.63) is 51.6 Å². The second kappa shape index (κ2) is 5.91. The molecule has 1 aliphatic heterocycles. The highest BCUT2D eigenvalue weighted by Crippen LogP contribution is 2.45. The summed E-state index contributed by atoms with van der Waals surface area (Å²) in [6, 6.07) is 6.21. The van der Waals surface area contributed by atoms with E-state index in [1.807, 2.05) is 23.7 Å². The van der Waals surface area contributed by atoms with Crippen LogP contribution in [0.5, 0.6) is 0 Å². The zero-order valence-corrected chi connectivity index (χ0v) is 15.8. The first kappa shape index (κ1) is 16.0. The van der Waals surface area contributed by atoms with Gasteiger partial charge in [-0.05, 0) is 31.2 Å². The van der Waals surface area contributed by atoms with E-state index in [4.69, 9.17) is 0 Å². The van der Waals surface area contributed by atoms with Crippen molar-refractivity contribution in [1.29, 1.82) is 0 Å². The van der Waals surface area contributed by atoms with Crippen molar-refractivity contribution in [3.63, 3.8) is 0 Å². The molecule has 1 fully saturated rings. The molecule has 0 bridgehead atoms. The molecule has 1 aliphatic carbocycles. The zero-order valence-electron chi connectivity index (χ0n) is 14.9. The van der Waals surface area contributed by atoms with Crippen LogP contribution >= 0.6 is 11.3 Å². The fraction of sp³-hybridized carbons (Fsp3) is 0.450. The Labute approximate surface area is 156 Å². The maximum absolute atomic E-state index is 13.6. The lowest BCUT2D eigenvalue weighted by Gasteiger charge is -2.36. The lowest BCUT2D eigenvalue weighted by atomic mass is 9.82. The molecule has 3 aromatic heterocycles. The van der Waals surface area contributed by atoms with Gasteiger partial charge in [-0.25, -0.2) is 9.50 Å². The molecule has 3 aromatic rings. The van der Waals surface area contributed by atoms with Crippen molar-refractivity contribution in [3.8, 4) is 0 Å². The molecule has 4 heterocycles. The van der Waals surface area contributed by atoms with Gasteiger partial charge in [-0.1, -0.05) is 18.9 Å². The van der Waals surface area contributed by atoms with Crippen molar-refractivity contribution >= 4 is 22.9 Å². The van der Waals surface area contributed by atoms with E-state index < -0.39 is 0 Å². The number of thiophene rings is 1. The van der Waals surface area contributed by atoms with Crippen molar-refractivity contribution in [2.24, 2.45) is 0 Å². The van der Waals surface area contributed by atoms with Gasteiger partial charge in [0.05, 0.1) is 16.8 Å². The summed E-state index contributed by atoms with van der Waals surface area (Å²) in [4.78, 5) is 21.4. The van der Waals surface area contributed by atoms with Crippen LogP contribution in [0.2, 0.25) is 0 Å². The molecule has 5 rings (SSSR count). The van der Waals surface area contributed by atoms with Gasteiger partial charge >= 0.3 is 0 Å². The Kier molecular flexibility index (Phi) is 3.64. The Morgan fingerprint density at radius 3 is 2.92 bits per heavy atom. The molecule has 2 aliphatic rings. The van der Waals surface area contributed by atoms with Gasteiger partial charge in [0.1, 0.15) is 0 Å². The molecule has 6 heteroatoms. The molecule has 1 amide bonds. The topological polar surface area (TPSA) is 50.5 Å². The van der Waals surface area contributed by atoms with Crippen molar-refractivity contribution in [2.45, 2.75) is 51.0 Å². The highest BCUT2D eigenvalue weighted by molar-refractivity contribution is 7.10. The number of nitrogens with zero attached hydrogens (tertiary/aromatic N) is 4. The van der Waals surface area contributed by atoms with Gasteiger partial charge in [-0.15, -0.1) is 11.3 Å². The normalized spacial score (nSPS) is 19.0. The van der Waals surface area contributed by atoms with E-state index in [2.05, 4.69) is 32.5 Å². The van der Waals surface area contributed by atoms with Gasteiger partial charge in [0.25, 0.3) is 0 Å². The van der Waals surface area contributed by atoms with Crippen LogP contribution in [0.15, 0.2) is 29.8 Å². The average Bonchev–Trinajstić information content (AvgIpc) is 3.39. The van der Waals surface area contributed by atoms with Crippen molar-refractivity contribution < 1.29 is 4.79 Å². The van der Waals surface area contributed by atoms with Crippen LogP contribution < -0.4 is 0 Å². The Morgan fingerprint density at radius 1 is 1.31 bits per heavy atom. The molecule has 5 nitrogen and oxygen atoms in total. The van der Waals surface area contributed by atoms with E-state index in [0.29, 0.717) is 12.5 Å². The first-order valence-electron chi connectivity index (χ1n) is 9.34. The smallest absolute Gasteiger partial charge is 0.234 e. The number of fused-ring (bicyclic) bond motifs is 3. The van der Waals surface area contributed by atoms with Crippen LogP contribution in [0.3, 0.4) is 0 Å². The number of hydrogen-bond donors (Lipinski definition) is 0. The summed E-state index contributed by atoms with van der Waals surface area (Å²) in [5.41, 5.74) is 3.90. The largest absolute Gasteiger partial charge is 0.337 e. The van der Waals surface area contributed by atoms with Gasteiger partial charge < -0.3 is 4.90 Å². The maximum Gasteiger partial charge on any atom is 0.234 e. The lowest BCUT2D eigenvalue weighted by Crippen LogP contribution is -2.47. The average molecular weight is 366 g/mol. The molecule has 134 valence electrons. The molecule has 0 atom stereocenters. The summed E-state index contributed by atoms with van der Waals surface area (Å²) in [7, 11) is 0. The highest BCUT2D eigenvalue weighted by atomic mass is 32.1. The first-order valence-corrected chi connectivity index (χ1v) is 10.2. The molecular formula is C20H22N4OS. The van der Waals surface area contributed by atoms with Crippen molar-refractivity contribution in [1.82, 2.24) is 19.5 Å². The SMILES string of the molecule is Cc1cc2ncc3c(n2n1)CCN(C(=O)C1(c2cccs2)CCCC1)C3. The molecule has 1 saturated carbocycles. The van der Waals surface area contributed by atoms with E-state index >= 15 is 0 Å². The predicted molar refractivity (Wildman–Crippen MR) is 101 cm³/mol. The van der Waals surface area contributed by atoms with E-state index in [9.17, 15) is 4.79 Å². The van der Waals surface area contributed by atoms with Crippen molar-refractivity contribution in [2.75, 3.05) is 6.54 Å². The Bertz CT molecular complexity index is 969. The van der Waals surface area contributed by atoms with Crippen LogP contribution in [-0.4, -0.2) is 31.9 Å². The number of amides is 1.